The van der Waals surface area contributed by atoms with Crippen molar-refractivity contribution >= 4 is 10.0 Å². The van der Waals surface area contributed by atoms with Crippen LogP contribution in [0.5, 0.6) is 5.75 Å². The van der Waals surface area contributed by atoms with Gasteiger partial charge in [0.05, 0.1) is 11.5 Å². The van der Waals surface area contributed by atoms with E-state index in [1.807, 2.05) is 20.8 Å². The van der Waals surface area contributed by atoms with Crippen LogP contribution in [0.3, 0.4) is 0 Å². The molecule has 1 aliphatic rings. The van der Waals surface area contributed by atoms with Gasteiger partial charge in [0.1, 0.15) is 5.75 Å². The predicted octanol–water partition coefficient (Wildman–Crippen LogP) is 1.46. The highest BCUT2D eigenvalue weighted by Crippen LogP contribution is 2.24. The summed E-state index contributed by atoms with van der Waals surface area (Å²) in [4.78, 5) is 0.296. The van der Waals surface area contributed by atoms with E-state index in [2.05, 4.69) is 5.32 Å². The van der Waals surface area contributed by atoms with E-state index in [1.165, 1.54) is 0 Å². The van der Waals surface area contributed by atoms with Crippen LogP contribution in [-0.2, 0) is 10.0 Å². The molecular formula is C14H22N2O3S. The highest BCUT2D eigenvalue weighted by Gasteiger charge is 2.33. The standard InChI is InChI=1S/C14H22N2O3S/c1-4-19-13-6-5-7-14(8-13)20(17,18)16-10-11(2)15-9-12(16)3/h5-8,11-12,15H,4,9-10H2,1-3H3. The van der Waals surface area contributed by atoms with E-state index in [4.69, 9.17) is 4.74 Å². The van der Waals surface area contributed by atoms with Gasteiger partial charge in [-0.15, -0.1) is 0 Å². The molecule has 0 aromatic heterocycles. The van der Waals surface area contributed by atoms with Crippen molar-refractivity contribution in [2.75, 3.05) is 19.7 Å². The van der Waals surface area contributed by atoms with Crippen LogP contribution in [-0.4, -0.2) is 44.5 Å². The van der Waals surface area contributed by atoms with Crippen molar-refractivity contribution < 1.29 is 13.2 Å². The van der Waals surface area contributed by atoms with E-state index in [0.717, 1.165) is 0 Å². The average Bonchev–Trinajstić information content (AvgIpc) is 2.42. The summed E-state index contributed by atoms with van der Waals surface area (Å²) in [5.41, 5.74) is 0. The molecular weight excluding hydrogens is 276 g/mol. The van der Waals surface area contributed by atoms with Crippen LogP contribution in [0.15, 0.2) is 29.2 Å². The molecule has 1 fully saturated rings. The van der Waals surface area contributed by atoms with Gasteiger partial charge in [-0.05, 0) is 32.9 Å². The molecule has 6 heteroatoms. The van der Waals surface area contributed by atoms with Crippen LogP contribution in [0.25, 0.3) is 0 Å². The maximum Gasteiger partial charge on any atom is 0.243 e. The molecule has 1 aromatic rings. The lowest BCUT2D eigenvalue weighted by Crippen LogP contribution is -2.56. The Labute approximate surface area is 121 Å². The summed E-state index contributed by atoms with van der Waals surface area (Å²) >= 11 is 0. The minimum absolute atomic E-state index is 0.0491. The van der Waals surface area contributed by atoms with Gasteiger partial charge < -0.3 is 10.1 Å². The van der Waals surface area contributed by atoms with Gasteiger partial charge in [-0.25, -0.2) is 8.42 Å². The highest BCUT2D eigenvalue weighted by molar-refractivity contribution is 7.89. The van der Waals surface area contributed by atoms with E-state index in [1.54, 1.807) is 28.6 Å². The third-order valence-electron chi connectivity index (χ3n) is 3.43. The topological polar surface area (TPSA) is 58.6 Å². The Hall–Kier alpha value is -1.11. The molecule has 1 heterocycles. The minimum atomic E-state index is -3.47. The monoisotopic (exact) mass is 298 g/mol. The fourth-order valence-corrected chi connectivity index (χ4v) is 4.10. The number of nitrogens with one attached hydrogen (secondary N) is 1. The first-order valence-electron chi connectivity index (χ1n) is 6.93. The Balaban J connectivity index is 2.31. The van der Waals surface area contributed by atoms with Gasteiger partial charge >= 0.3 is 0 Å². The van der Waals surface area contributed by atoms with Gasteiger partial charge in [0.2, 0.25) is 10.0 Å². The normalized spacial score (nSPS) is 24.6. The molecule has 112 valence electrons. The first-order valence-corrected chi connectivity index (χ1v) is 8.37. The fourth-order valence-electron chi connectivity index (χ4n) is 2.35. The van der Waals surface area contributed by atoms with Crippen LogP contribution in [0, 0.1) is 0 Å². The second kappa shape index (κ2) is 6.11. The SMILES string of the molecule is CCOc1cccc(S(=O)(=O)N2CC(C)NCC2C)c1. The third-order valence-corrected chi connectivity index (χ3v) is 5.41. The molecule has 1 aliphatic heterocycles. The lowest BCUT2D eigenvalue weighted by atomic mass is 10.2. The van der Waals surface area contributed by atoms with Crippen molar-refractivity contribution in [2.45, 2.75) is 37.8 Å². The molecule has 0 radical (unpaired) electrons. The molecule has 0 amide bonds. The van der Waals surface area contributed by atoms with Crippen molar-refractivity contribution in [1.82, 2.24) is 9.62 Å². The third kappa shape index (κ3) is 3.13. The summed E-state index contributed by atoms with van der Waals surface area (Å²) in [7, 11) is -3.47. The number of hydrogen-bond donors (Lipinski definition) is 1. The molecule has 0 saturated carbocycles. The van der Waals surface area contributed by atoms with Crippen molar-refractivity contribution in [3.63, 3.8) is 0 Å². The van der Waals surface area contributed by atoms with Gasteiger partial charge in [-0.1, -0.05) is 6.07 Å². The molecule has 0 bridgehead atoms. The lowest BCUT2D eigenvalue weighted by molar-refractivity contribution is 0.244. The average molecular weight is 298 g/mol. The lowest BCUT2D eigenvalue weighted by Gasteiger charge is -2.36. The van der Waals surface area contributed by atoms with Crippen molar-refractivity contribution in [1.29, 1.82) is 0 Å². The van der Waals surface area contributed by atoms with Crippen LogP contribution in [0.4, 0.5) is 0 Å². The molecule has 20 heavy (non-hydrogen) atoms. The Morgan fingerprint density at radius 1 is 1.40 bits per heavy atom. The van der Waals surface area contributed by atoms with E-state index < -0.39 is 10.0 Å². The Kier molecular flexibility index (Phi) is 4.67. The number of hydrogen-bond acceptors (Lipinski definition) is 4. The zero-order chi connectivity index (χ0) is 14.8. The molecule has 1 saturated heterocycles. The number of benzene rings is 1. The predicted molar refractivity (Wildman–Crippen MR) is 78.4 cm³/mol. The van der Waals surface area contributed by atoms with Gasteiger partial charge in [0.15, 0.2) is 0 Å². The summed E-state index contributed by atoms with van der Waals surface area (Å²) in [6.45, 7) is 7.47. The van der Waals surface area contributed by atoms with E-state index in [0.29, 0.717) is 30.3 Å². The van der Waals surface area contributed by atoms with Crippen LogP contribution in [0.1, 0.15) is 20.8 Å². The van der Waals surface area contributed by atoms with Crippen molar-refractivity contribution in [2.24, 2.45) is 0 Å². The van der Waals surface area contributed by atoms with Gasteiger partial charge in [0, 0.05) is 31.2 Å². The van der Waals surface area contributed by atoms with Gasteiger partial charge in [-0.3, -0.25) is 0 Å². The smallest absolute Gasteiger partial charge is 0.243 e. The van der Waals surface area contributed by atoms with E-state index in [9.17, 15) is 8.42 Å². The number of rotatable bonds is 4. The van der Waals surface area contributed by atoms with Crippen LogP contribution >= 0.6 is 0 Å². The molecule has 5 nitrogen and oxygen atoms in total. The molecule has 1 N–H and O–H groups in total. The van der Waals surface area contributed by atoms with E-state index in [-0.39, 0.29) is 12.1 Å². The highest BCUT2D eigenvalue weighted by atomic mass is 32.2. The minimum Gasteiger partial charge on any atom is -0.494 e. The zero-order valence-electron chi connectivity index (χ0n) is 12.2. The van der Waals surface area contributed by atoms with E-state index >= 15 is 0 Å². The summed E-state index contributed by atoms with van der Waals surface area (Å²) < 4.78 is 32.4. The van der Waals surface area contributed by atoms with Crippen molar-refractivity contribution in [3.05, 3.63) is 24.3 Å². The Bertz CT molecular complexity index is 559. The second-order valence-electron chi connectivity index (χ2n) is 5.14. The summed E-state index contributed by atoms with van der Waals surface area (Å²) in [6.07, 6.45) is 0. The summed E-state index contributed by atoms with van der Waals surface area (Å²) in [5, 5.41) is 3.29. The fraction of sp³-hybridized carbons (Fsp3) is 0.571. The molecule has 1 aromatic carbocycles. The zero-order valence-corrected chi connectivity index (χ0v) is 13.0. The molecule has 2 unspecified atom stereocenters. The Morgan fingerprint density at radius 2 is 2.15 bits per heavy atom. The quantitative estimate of drug-likeness (QED) is 0.914. The first kappa shape index (κ1) is 15.3. The number of piperazine rings is 1. The van der Waals surface area contributed by atoms with Gasteiger partial charge in [-0.2, -0.15) is 4.31 Å². The number of nitrogens with zero attached hydrogens (tertiary/aromatic N) is 1. The maximum atomic E-state index is 12.7. The molecule has 0 aliphatic carbocycles. The molecule has 0 spiro atoms. The number of ether oxygens (including phenoxy) is 1. The van der Waals surface area contributed by atoms with Gasteiger partial charge in [0.25, 0.3) is 0 Å². The number of sulfonamides is 1. The van der Waals surface area contributed by atoms with Crippen LogP contribution in [0.2, 0.25) is 0 Å². The summed E-state index contributed by atoms with van der Waals surface area (Å²) in [6, 6.07) is 6.82. The Morgan fingerprint density at radius 3 is 2.85 bits per heavy atom. The van der Waals surface area contributed by atoms with Crippen molar-refractivity contribution in [3.8, 4) is 5.75 Å². The molecule has 2 atom stereocenters. The second-order valence-corrected chi connectivity index (χ2v) is 7.03. The summed E-state index contributed by atoms with van der Waals surface area (Å²) in [5.74, 6) is 0.587. The first-order chi connectivity index (χ1) is 9.45. The largest absolute Gasteiger partial charge is 0.494 e. The van der Waals surface area contributed by atoms with Crippen LogP contribution < -0.4 is 10.1 Å². The molecule has 2 rings (SSSR count). The maximum absolute atomic E-state index is 12.7.